The maximum Gasteiger partial charge on any atom is 0.251 e. The molecule has 1 N–H and O–H groups in total. The first-order chi connectivity index (χ1) is 14.6. The number of ether oxygens (including phenoxy) is 1. The minimum absolute atomic E-state index is 0.0872. The van der Waals surface area contributed by atoms with Crippen LogP contribution in [-0.4, -0.2) is 30.1 Å². The van der Waals surface area contributed by atoms with E-state index in [1.165, 1.54) is 10.5 Å². The van der Waals surface area contributed by atoms with Crippen LogP contribution >= 0.6 is 11.8 Å². The molecule has 5 nitrogen and oxygen atoms in total. The van der Waals surface area contributed by atoms with Crippen LogP contribution in [0.4, 0.5) is 0 Å². The third-order valence-corrected chi connectivity index (χ3v) is 6.22. The number of aryl methyl sites for hydroxylation is 2. The van der Waals surface area contributed by atoms with Gasteiger partial charge in [0.05, 0.1) is 11.8 Å². The van der Waals surface area contributed by atoms with E-state index in [0.29, 0.717) is 18.0 Å². The molecule has 1 unspecified atom stereocenters. The molecule has 2 heterocycles. The van der Waals surface area contributed by atoms with Crippen molar-refractivity contribution in [3.63, 3.8) is 0 Å². The van der Waals surface area contributed by atoms with E-state index >= 15 is 0 Å². The number of carbonyl (C=O) groups is 1. The van der Waals surface area contributed by atoms with Gasteiger partial charge in [-0.1, -0.05) is 17.7 Å². The van der Waals surface area contributed by atoms with Gasteiger partial charge in [0.1, 0.15) is 5.76 Å². The molecule has 156 valence electrons. The van der Waals surface area contributed by atoms with Gasteiger partial charge in [-0.2, -0.15) is 0 Å². The minimum atomic E-state index is -0.0872. The quantitative estimate of drug-likeness (QED) is 0.533. The highest BCUT2D eigenvalue weighted by molar-refractivity contribution is 7.98. The van der Waals surface area contributed by atoms with Crippen molar-refractivity contribution in [2.24, 2.45) is 0 Å². The van der Waals surface area contributed by atoms with E-state index in [0.717, 1.165) is 42.2 Å². The van der Waals surface area contributed by atoms with Crippen LogP contribution in [0.15, 0.2) is 57.8 Å². The van der Waals surface area contributed by atoms with Gasteiger partial charge in [-0.05, 0) is 63.1 Å². The van der Waals surface area contributed by atoms with E-state index < -0.39 is 0 Å². The molecule has 1 aromatic heterocycles. The summed E-state index contributed by atoms with van der Waals surface area (Å²) >= 11 is 1.74. The zero-order valence-corrected chi connectivity index (χ0v) is 18.1. The number of rotatable bonds is 7. The van der Waals surface area contributed by atoms with Crippen LogP contribution in [0, 0.1) is 13.8 Å². The van der Waals surface area contributed by atoms with Gasteiger partial charge in [0.25, 0.3) is 5.91 Å². The molecule has 1 amide bonds. The van der Waals surface area contributed by atoms with Crippen molar-refractivity contribution in [3.8, 4) is 11.5 Å². The molecule has 1 aliphatic heterocycles. The number of nitrogens with zero attached hydrogens (tertiary/aromatic N) is 1. The van der Waals surface area contributed by atoms with Crippen LogP contribution in [0.25, 0.3) is 11.5 Å². The maximum atomic E-state index is 12.3. The summed E-state index contributed by atoms with van der Waals surface area (Å²) < 4.78 is 11.4. The molecule has 2 aromatic carbocycles. The first kappa shape index (κ1) is 20.7. The van der Waals surface area contributed by atoms with Gasteiger partial charge in [-0.15, -0.1) is 11.8 Å². The Labute approximate surface area is 181 Å². The fourth-order valence-electron chi connectivity index (χ4n) is 3.35. The van der Waals surface area contributed by atoms with Gasteiger partial charge in [-0.3, -0.25) is 4.79 Å². The average molecular weight is 423 g/mol. The number of aromatic nitrogens is 1. The average Bonchev–Trinajstić information content (AvgIpc) is 3.41. The lowest BCUT2D eigenvalue weighted by Crippen LogP contribution is -2.31. The number of hydrogen-bond acceptors (Lipinski definition) is 5. The Morgan fingerprint density at radius 3 is 2.60 bits per heavy atom. The SMILES string of the molecule is Cc1ccc(SCc2nc(-c3ccc(C(=O)NCC4CCCO4)cc3)oc2C)cc1. The molecule has 0 aliphatic carbocycles. The molecule has 6 heteroatoms. The number of benzene rings is 2. The molecule has 1 fully saturated rings. The molecule has 0 spiro atoms. The monoisotopic (exact) mass is 422 g/mol. The van der Waals surface area contributed by atoms with Crippen molar-refractivity contribution in [1.29, 1.82) is 0 Å². The van der Waals surface area contributed by atoms with Crippen LogP contribution < -0.4 is 5.32 Å². The second-order valence-electron chi connectivity index (χ2n) is 7.55. The Kier molecular flexibility index (Phi) is 6.55. The highest BCUT2D eigenvalue weighted by Crippen LogP contribution is 2.28. The molecule has 1 atom stereocenters. The fourth-order valence-corrected chi connectivity index (χ4v) is 4.25. The van der Waals surface area contributed by atoms with Crippen molar-refractivity contribution in [3.05, 3.63) is 71.1 Å². The summed E-state index contributed by atoms with van der Waals surface area (Å²) in [5.41, 5.74) is 3.67. The molecule has 0 radical (unpaired) electrons. The van der Waals surface area contributed by atoms with Gasteiger partial charge in [0.2, 0.25) is 5.89 Å². The molecule has 30 heavy (non-hydrogen) atoms. The summed E-state index contributed by atoms with van der Waals surface area (Å²) in [6.45, 7) is 5.37. The van der Waals surface area contributed by atoms with Crippen LogP contribution in [-0.2, 0) is 10.5 Å². The van der Waals surface area contributed by atoms with Gasteiger partial charge >= 0.3 is 0 Å². The smallest absolute Gasteiger partial charge is 0.251 e. The first-order valence-corrected chi connectivity index (χ1v) is 11.2. The molecular weight excluding hydrogens is 396 g/mol. The fraction of sp³-hybridized carbons (Fsp3) is 0.333. The van der Waals surface area contributed by atoms with Gasteiger partial charge < -0.3 is 14.5 Å². The maximum absolute atomic E-state index is 12.3. The molecule has 1 saturated heterocycles. The predicted octanol–water partition coefficient (Wildman–Crippen LogP) is 5.16. The van der Waals surface area contributed by atoms with Gasteiger partial charge in [0.15, 0.2) is 0 Å². The largest absolute Gasteiger partial charge is 0.441 e. The number of carbonyl (C=O) groups excluding carboxylic acids is 1. The highest BCUT2D eigenvalue weighted by atomic mass is 32.2. The molecule has 1 aliphatic rings. The summed E-state index contributed by atoms with van der Waals surface area (Å²) in [6.07, 6.45) is 2.21. The highest BCUT2D eigenvalue weighted by Gasteiger charge is 2.17. The topological polar surface area (TPSA) is 64.4 Å². The lowest BCUT2D eigenvalue weighted by molar-refractivity contribution is 0.0858. The summed E-state index contributed by atoms with van der Waals surface area (Å²) in [4.78, 5) is 18.2. The first-order valence-electron chi connectivity index (χ1n) is 10.2. The van der Waals surface area contributed by atoms with Crippen molar-refractivity contribution in [1.82, 2.24) is 10.3 Å². The standard InChI is InChI=1S/C24H26N2O3S/c1-16-5-11-21(12-6-16)30-15-22-17(2)29-24(26-22)19-9-7-18(8-10-19)23(27)25-14-20-4-3-13-28-20/h5-12,20H,3-4,13-15H2,1-2H3,(H,25,27). The van der Waals surface area contributed by atoms with Crippen LogP contribution in [0.5, 0.6) is 0 Å². The summed E-state index contributed by atoms with van der Waals surface area (Å²) in [6, 6.07) is 15.8. The molecule has 3 aromatic rings. The van der Waals surface area contributed by atoms with E-state index in [-0.39, 0.29) is 12.0 Å². The molecule has 0 saturated carbocycles. The molecular formula is C24H26N2O3S. The van der Waals surface area contributed by atoms with Gasteiger partial charge in [0, 0.05) is 34.9 Å². The normalized spacial score (nSPS) is 16.0. The van der Waals surface area contributed by atoms with Crippen molar-refractivity contribution in [2.45, 2.75) is 43.4 Å². The third kappa shape index (κ3) is 5.12. The predicted molar refractivity (Wildman–Crippen MR) is 119 cm³/mol. The number of oxazole rings is 1. The summed E-state index contributed by atoms with van der Waals surface area (Å²) in [7, 11) is 0. The van der Waals surface area contributed by atoms with E-state index in [4.69, 9.17) is 9.15 Å². The number of amides is 1. The Morgan fingerprint density at radius 1 is 1.13 bits per heavy atom. The van der Waals surface area contributed by atoms with Crippen molar-refractivity contribution < 1.29 is 13.9 Å². The molecule has 4 rings (SSSR count). The van der Waals surface area contributed by atoms with E-state index in [1.54, 1.807) is 23.9 Å². The summed E-state index contributed by atoms with van der Waals surface area (Å²) in [5.74, 6) is 2.07. The Balaban J connectivity index is 1.37. The summed E-state index contributed by atoms with van der Waals surface area (Å²) in [5, 5.41) is 2.94. The minimum Gasteiger partial charge on any atom is -0.441 e. The number of hydrogen-bond donors (Lipinski definition) is 1. The van der Waals surface area contributed by atoms with Crippen LogP contribution in [0.3, 0.4) is 0 Å². The zero-order valence-electron chi connectivity index (χ0n) is 17.3. The Morgan fingerprint density at radius 2 is 1.90 bits per heavy atom. The van der Waals surface area contributed by atoms with E-state index in [1.807, 2.05) is 19.1 Å². The van der Waals surface area contributed by atoms with Crippen LogP contribution in [0.2, 0.25) is 0 Å². The number of nitrogens with one attached hydrogen (secondary N) is 1. The van der Waals surface area contributed by atoms with Gasteiger partial charge in [-0.25, -0.2) is 4.98 Å². The lowest BCUT2D eigenvalue weighted by atomic mass is 10.1. The van der Waals surface area contributed by atoms with Crippen molar-refractivity contribution in [2.75, 3.05) is 13.2 Å². The Bertz CT molecular complexity index is 990. The Hall–Kier alpha value is -2.57. The second-order valence-corrected chi connectivity index (χ2v) is 8.59. The number of thioether (sulfide) groups is 1. The van der Waals surface area contributed by atoms with Crippen molar-refractivity contribution >= 4 is 17.7 Å². The molecule has 0 bridgehead atoms. The van der Waals surface area contributed by atoms with Crippen LogP contribution in [0.1, 0.15) is 40.2 Å². The van der Waals surface area contributed by atoms with E-state index in [2.05, 4.69) is 41.5 Å². The third-order valence-electron chi connectivity index (χ3n) is 5.20. The van der Waals surface area contributed by atoms with E-state index in [9.17, 15) is 4.79 Å². The zero-order chi connectivity index (χ0) is 20.9. The lowest BCUT2D eigenvalue weighted by Gasteiger charge is -2.10. The second kappa shape index (κ2) is 9.49.